The Kier molecular flexibility index (Phi) is 6.54. The number of carbonyl (C=O) groups excluding carboxylic acids is 1. The van der Waals surface area contributed by atoms with Crippen LogP contribution in [0.3, 0.4) is 0 Å². The van der Waals surface area contributed by atoms with Gasteiger partial charge in [0, 0.05) is 19.9 Å². The molecule has 7 nitrogen and oxygen atoms in total. The summed E-state index contributed by atoms with van der Waals surface area (Å²) in [4.78, 5) is 32.9. The first kappa shape index (κ1) is 17.4. The number of hydrogen-bond donors (Lipinski definition) is 1. The fourth-order valence-electron chi connectivity index (χ4n) is 1.97. The second kappa shape index (κ2) is 8.64. The molecule has 2 aromatic heterocycles. The van der Waals surface area contributed by atoms with E-state index in [0.717, 1.165) is 6.42 Å². The van der Waals surface area contributed by atoms with Crippen LogP contribution < -0.4 is 10.9 Å². The molecule has 23 heavy (non-hydrogen) atoms. The van der Waals surface area contributed by atoms with Crippen LogP contribution in [-0.4, -0.2) is 46.5 Å². The van der Waals surface area contributed by atoms with E-state index in [1.54, 1.807) is 25.4 Å². The van der Waals surface area contributed by atoms with E-state index in [0.29, 0.717) is 35.9 Å². The number of carbonyl (C=O) groups is 1. The molecule has 0 radical (unpaired) electrons. The van der Waals surface area contributed by atoms with E-state index < -0.39 is 0 Å². The number of amides is 1. The molecular weight excluding hydrogens is 316 g/mol. The zero-order valence-electron chi connectivity index (χ0n) is 13.2. The van der Waals surface area contributed by atoms with Gasteiger partial charge in [-0.15, -0.1) is 0 Å². The highest BCUT2D eigenvalue weighted by Crippen LogP contribution is 2.16. The van der Waals surface area contributed by atoms with E-state index in [-0.39, 0.29) is 17.2 Å². The summed E-state index contributed by atoms with van der Waals surface area (Å²) < 4.78 is 6.59. The lowest BCUT2D eigenvalue weighted by molar-refractivity contribution is -0.118. The quantitative estimate of drug-likeness (QED) is 0.573. The number of pyridine rings is 1. The fraction of sp³-hybridized carbons (Fsp3) is 0.467. The van der Waals surface area contributed by atoms with E-state index in [2.05, 4.69) is 15.3 Å². The Balaban J connectivity index is 2.28. The van der Waals surface area contributed by atoms with Crippen molar-refractivity contribution in [1.82, 2.24) is 19.9 Å². The molecule has 0 bridgehead atoms. The van der Waals surface area contributed by atoms with Crippen molar-refractivity contribution in [2.24, 2.45) is 0 Å². The normalized spacial score (nSPS) is 10.9. The Bertz CT molecular complexity index is 732. The topological polar surface area (TPSA) is 86.1 Å². The van der Waals surface area contributed by atoms with Gasteiger partial charge in [0.25, 0.3) is 5.56 Å². The van der Waals surface area contributed by atoms with E-state index in [9.17, 15) is 9.59 Å². The molecule has 124 valence electrons. The first-order valence-electron chi connectivity index (χ1n) is 7.41. The summed E-state index contributed by atoms with van der Waals surface area (Å²) in [7, 11) is 1.58. The Morgan fingerprint density at radius 1 is 1.48 bits per heavy atom. The molecule has 0 aromatic carbocycles. The molecule has 0 atom stereocenters. The van der Waals surface area contributed by atoms with Gasteiger partial charge in [0.1, 0.15) is 0 Å². The van der Waals surface area contributed by atoms with Crippen LogP contribution in [0.1, 0.15) is 13.3 Å². The average Bonchev–Trinajstić information content (AvgIpc) is 2.57. The third-order valence-electron chi connectivity index (χ3n) is 3.12. The summed E-state index contributed by atoms with van der Waals surface area (Å²) in [6, 6.07) is 3.40. The molecule has 1 amide bonds. The first-order chi connectivity index (χ1) is 11.2. The van der Waals surface area contributed by atoms with Crippen LogP contribution >= 0.6 is 11.8 Å². The van der Waals surface area contributed by atoms with Crippen LogP contribution in [0, 0.1) is 0 Å². The van der Waals surface area contributed by atoms with E-state index >= 15 is 0 Å². The second-order valence-corrected chi connectivity index (χ2v) is 5.80. The van der Waals surface area contributed by atoms with Gasteiger partial charge in [-0.05, 0) is 18.6 Å². The van der Waals surface area contributed by atoms with Crippen molar-refractivity contribution in [2.75, 3.05) is 26.0 Å². The van der Waals surface area contributed by atoms with E-state index in [1.807, 2.05) is 6.92 Å². The van der Waals surface area contributed by atoms with Crippen LogP contribution in [0.4, 0.5) is 0 Å². The summed E-state index contributed by atoms with van der Waals surface area (Å²) in [6.07, 6.45) is 2.48. The Morgan fingerprint density at radius 3 is 3.04 bits per heavy atom. The third kappa shape index (κ3) is 4.52. The van der Waals surface area contributed by atoms with Crippen LogP contribution in [-0.2, 0) is 16.1 Å². The zero-order valence-corrected chi connectivity index (χ0v) is 14.1. The molecule has 8 heteroatoms. The summed E-state index contributed by atoms with van der Waals surface area (Å²) in [5.41, 5.74) is 0.222. The van der Waals surface area contributed by atoms with Crippen LogP contribution in [0.25, 0.3) is 11.0 Å². The van der Waals surface area contributed by atoms with Gasteiger partial charge in [0.2, 0.25) is 5.91 Å². The molecular formula is C15H20N4O3S. The number of rotatable bonds is 8. The van der Waals surface area contributed by atoms with Crippen molar-refractivity contribution < 1.29 is 9.53 Å². The molecule has 0 aliphatic heterocycles. The first-order valence-corrected chi connectivity index (χ1v) is 8.40. The molecule has 0 saturated heterocycles. The third-order valence-corrected chi connectivity index (χ3v) is 4.09. The van der Waals surface area contributed by atoms with Crippen molar-refractivity contribution in [2.45, 2.75) is 25.0 Å². The van der Waals surface area contributed by atoms with Crippen LogP contribution in [0.2, 0.25) is 0 Å². The summed E-state index contributed by atoms with van der Waals surface area (Å²) >= 11 is 1.23. The summed E-state index contributed by atoms with van der Waals surface area (Å²) in [5, 5.41) is 3.74. The lowest BCUT2D eigenvalue weighted by atomic mass is 10.3. The van der Waals surface area contributed by atoms with Gasteiger partial charge in [-0.2, -0.15) is 0 Å². The summed E-state index contributed by atoms with van der Waals surface area (Å²) in [6.45, 7) is 3.41. The smallest absolute Gasteiger partial charge is 0.263 e. The molecule has 2 heterocycles. The molecule has 2 rings (SSSR count). The van der Waals surface area contributed by atoms with Crippen molar-refractivity contribution in [3.8, 4) is 0 Å². The number of thioether (sulfide) groups is 1. The lowest BCUT2D eigenvalue weighted by Crippen LogP contribution is -2.28. The zero-order chi connectivity index (χ0) is 16.7. The Labute approximate surface area is 138 Å². The fourth-order valence-corrected chi connectivity index (χ4v) is 2.82. The SMILES string of the molecule is CCCNC(=O)CSc1nc2ncccc2c(=O)n1CCOC. The Hall–Kier alpha value is -1.93. The lowest BCUT2D eigenvalue weighted by Gasteiger charge is -2.12. The number of hydrogen-bond acceptors (Lipinski definition) is 6. The van der Waals surface area contributed by atoms with Gasteiger partial charge in [-0.25, -0.2) is 9.97 Å². The molecule has 1 N–H and O–H groups in total. The van der Waals surface area contributed by atoms with Crippen LogP contribution in [0.15, 0.2) is 28.3 Å². The van der Waals surface area contributed by atoms with Gasteiger partial charge in [-0.3, -0.25) is 14.2 Å². The minimum Gasteiger partial charge on any atom is -0.383 e. The van der Waals surface area contributed by atoms with Gasteiger partial charge >= 0.3 is 0 Å². The van der Waals surface area contributed by atoms with Crippen LogP contribution in [0.5, 0.6) is 0 Å². The molecule has 0 saturated carbocycles. The van der Waals surface area contributed by atoms with Crippen molar-refractivity contribution in [1.29, 1.82) is 0 Å². The highest BCUT2D eigenvalue weighted by atomic mass is 32.2. The molecule has 2 aromatic rings. The molecule has 0 aliphatic carbocycles. The predicted molar refractivity (Wildman–Crippen MR) is 89.7 cm³/mol. The van der Waals surface area contributed by atoms with Crippen molar-refractivity contribution in [3.63, 3.8) is 0 Å². The maximum absolute atomic E-state index is 12.6. The molecule has 0 fully saturated rings. The highest BCUT2D eigenvalue weighted by molar-refractivity contribution is 7.99. The number of nitrogens with one attached hydrogen (secondary N) is 1. The minimum atomic E-state index is -0.170. The Morgan fingerprint density at radius 2 is 2.30 bits per heavy atom. The number of ether oxygens (including phenoxy) is 1. The number of aromatic nitrogens is 3. The maximum Gasteiger partial charge on any atom is 0.263 e. The second-order valence-electron chi connectivity index (χ2n) is 4.86. The predicted octanol–water partition coefficient (Wildman–Crippen LogP) is 1.06. The average molecular weight is 336 g/mol. The van der Waals surface area contributed by atoms with E-state index in [4.69, 9.17) is 4.74 Å². The largest absolute Gasteiger partial charge is 0.383 e. The van der Waals surface area contributed by atoms with Gasteiger partial charge in [0.15, 0.2) is 10.8 Å². The minimum absolute atomic E-state index is 0.0782. The molecule has 0 unspecified atom stereocenters. The standard InChI is InChI=1S/C15H20N4O3S/c1-3-6-16-12(20)10-23-15-18-13-11(5-4-7-17-13)14(21)19(15)8-9-22-2/h4-5,7H,3,6,8-10H2,1-2H3,(H,16,20). The highest BCUT2D eigenvalue weighted by Gasteiger charge is 2.13. The molecule has 0 aliphatic rings. The molecule has 0 spiro atoms. The van der Waals surface area contributed by atoms with Crippen molar-refractivity contribution in [3.05, 3.63) is 28.7 Å². The van der Waals surface area contributed by atoms with Gasteiger partial charge in [0.05, 0.1) is 24.3 Å². The van der Waals surface area contributed by atoms with Gasteiger partial charge < -0.3 is 10.1 Å². The van der Waals surface area contributed by atoms with Gasteiger partial charge in [-0.1, -0.05) is 18.7 Å². The van der Waals surface area contributed by atoms with E-state index in [1.165, 1.54) is 16.3 Å². The maximum atomic E-state index is 12.6. The number of fused-ring (bicyclic) bond motifs is 1. The van der Waals surface area contributed by atoms with Crippen molar-refractivity contribution >= 4 is 28.7 Å². The summed E-state index contributed by atoms with van der Waals surface area (Å²) in [5.74, 6) is 0.128. The number of nitrogens with zero attached hydrogens (tertiary/aromatic N) is 3. The monoisotopic (exact) mass is 336 g/mol. The number of methoxy groups -OCH3 is 1.